The lowest BCUT2D eigenvalue weighted by Crippen LogP contribution is -2.13. The molecule has 90 valence electrons. The van der Waals surface area contributed by atoms with Crippen LogP contribution in [0.5, 0.6) is 0 Å². The number of rotatable bonds is 2. The molecular weight excluding hydrogens is 248 g/mol. The summed E-state index contributed by atoms with van der Waals surface area (Å²) in [6.45, 7) is 0. The Kier molecular flexibility index (Phi) is 2.68. The molecule has 1 aromatic heterocycles. The van der Waals surface area contributed by atoms with E-state index in [1.807, 2.05) is 42.5 Å². The highest BCUT2D eigenvalue weighted by atomic mass is 35.5. The van der Waals surface area contributed by atoms with E-state index in [4.69, 9.17) is 21.8 Å². The van der Waals surface area contributed by atoms with Gasteiger partial charge in [0.2, 0.25) is 0 Å². The van der Waals surface area contributed by atoms with Crippen molar-refractivity contribution in [1.82, 2.24) is 0 Å². The first-order valence-electron chi connectivity index (χ1n) is 5.57. The van der Waals surface area contributed by atoms with E-state index in [0.717, 1.165) is 27.5 Å². The van der Waals surface area contributed by atoms with Gasteiger partial charge in [0.1, 0.15) is 23.0 Å². The van der Waals surface area contributed by atoms with Crippen molar-refractivity contribution in [3.8, 4) is 0 Å². The minimum Gasteiger partial charge on any atom is -0.456 e. The van der Waals surface area contributed by atoms with Gasteiger partial charge in [-0.1, -0.05) is 24.3 Å². The maximum atomic E-state index is 5.81. The van der Waals surface area contributed by atoms with Crippen molar-refractivity contribution in [2.75, 3.05) is 6.00 Å². The molecule has 0 saturated heterocycles. The second kappa shape index (κ2) is 4.35. The Morgan fingerprint density at radius 1 is 1.11 bits per heavy atom. The number of benzene rings is 2. The van der Waals surface area contributed by atoms with Gasteiger partial charge in [-0.15, -0.1) is 11.6 Å². The van der Waals surface area contributed by atoms with Gasteiger partial charge in [0.25, 0.3) is 0 Å². The third-order valence-corrected chi connectivity index (χ3v) is 3.02. The molecule has 0 atom stereocenters. The zero-order chi connectivity index (χ0) is 12.5. The maximum Gasteiger partial charge on any atom is 0.136 e. The summed E-state index contributed by atoms with van der Waals surface area (Å²) in [5, 5.41) is 2.18. The second-order valence-electron chi connectivity index (χ2n) is 3.97. The predicted molar refractivity (Wildman–Crippen MR) is 75.2 cm³/mol. The molecule has 1 heterocycles. The van der Waals surface area contributed by atoms with Gasteiger partial charge in [0, 0.05) is 16.3 Å². The van der Waals surface area contributed by atoms with Crippen molar-refractivity contribution in [3.05, 3.63) is 48.0 Å². The monoisotopic (exact) mass is 258 g/mol. The number of fused-ring (bicyclic) bond motifs is 3. The van der Waals surface area contributed by atoms with E-state index in [1.54, 1.807) is 0 Å². The van der Waals surface area contributed by atoms with E-state index >= 15 is 0 Å². The molecule has 0 aliphatic rings. The molecule has 0 spiro atoms. The lowest BCUT2D eigenvalue weighted by molar-refractivity contribution is 0.669. The van der Waals surface area contributed by atoms with Gasteiger partial charge in [-0.3, -0.25) is 4.99 Å². The Bertz CT molecular complexity index is 746. The average molecular weight is 259 g/mol. The highest BCUT2D eigenvalue weighted by Gasteiger charge is 2.07. The van der Waals surface area contributed by atoms with Crippen LogP contribution in [-0.2, 0) is 0 Å². The van der Waals surface area contributed by atoms with Crippen LogP contribution in [0.2, 0.25) is 0 Å². The molecular formula is C14H11ClN2O. The van der Waals surface area contributed by atoms with Crippen LogP contribution in [0.15, 0.2) is 51.9 Å². The van der Waals surface area contributed by atoms with Gasteiger partial charge >= 0.3 is 0 Å². The zero-order valence-electron chi connectivity index (χ0n) is 9.56. The number of amidine groups is 1. The smallest absolute Gasteiger partial charge is 0.136 e. The standard InChI is InChI=1S/C14H11ClN2O/c15-8-17-14(16)9-5-6-11-10-3-1-2-4-12(10)18-13(11)7-9/h1-7H,8H2,(H2,16,17). The number of nitrogens with zero attached hydrogens (tertiary/aromatic N) is 1. The van der Waals surface area contributed by atoms with E-state index in [-0.39, 0.29) is 6.00 Å². The molecule has 0 amide bonds. The summed E-state index contributed by atoms with van der Waals surface area (Å²) in [5.74, 6) is 0.423. The molecule has 4 heteroatoms. The van der Waals surface area contributed by atoms with Crippen LogP contribution in [0.25, 0.3) is 21.9 Å². The number of alkyl halides is 1. The number of hydrogen-bond acceptors (Lipinski definition) is 2. The normalized spacial score (nSPS) is 12.4. The number of hydrogen-bond donors (Lipinski definition) is 1. The van der Waals surface area contributed by atoms with E-state index in [2.05, 4.69) is 4.99 Å². The van der Waals surface area contributed by atoms with Crippen molar-refractivity contribution < 1.29 is 4.42 Å². The summed E-state index contributed by atoms with van der Waals surface area (Å²) >= 11 is 5.54. The predicted octanol–water partition coefficient (Wildman–Crippen LogP) is 3.49. The fourth-order valence-corrected chi connectivity index (χ4v) is 2.17. The van der Waals surface area contributed by atoms with Crippen LogP contribution >= 0.6 is 11.6 Å². The van der Waals surface area contributed by atoms with Crippen molar-refractivity contribution in [2.24, 2.45) is 10.7 Å². The fourth-order valence-electron chi connectivity index (χ4n) is 2.04. The van der Waals surface area contributed by atoms with Crippen LogP contribution < -0.4 is 5.73 Å². The highest BCUT2D eigenvalue weighted by molar-refractivity contribution is 6.18. The van der Waals surface area contributed by atoms with E-state index in [0.29, 0.717) is 5.84 Å². The number of furan rings is 1. The molecule has 0 fully saturated rings. The number of nitrogens with two attached hydrogens (primary N) is 1. The Labute approximate surface area is 109 Å². The summed E-state index contributed by atoms with van der Waals surface area (Å²) in [7, 11) is 0. The molecule has 0 saturated carbocycles. The molecule has 0 aliphatic carbocycles. The number of halogens is 1. The van der Waals surface area contributed by atoms with Crippen molar-refractivity contribution in [1.29, 1.82) is 0 Å². The van der Waals surface area contributed by atoms with Gasteiger partial charge in [0.15, 0.2) is 0 Å². The van der Waals surface area contributed by atoms with Gasteiger partial charge < -0.3 is 10.2 Å². The molecule has 0 unspecified atom stereocenters. The van der Waals surface area contributed by atoms with Crippen LogP contribution in [-0.4, -0.2) is 11.8 Å². The van der Waals surface area contributed by atoms with Gasteiger partial charge in [0.05, 0.1) is 0 Å². The van der Waals surface area contributed by atoms with Crippen LogP contribution in [0.4, 0.5) is 0 Å². The maximum absolute atomic E-state index is 5.81. The van der Waals surface area contributed by atoms with Crippen LogP contribution in [0.1, 0.15) is 5.56 Å². The number of para-hydroxylation sites is 1. The minimum absolute atomic E-state index is 0.157. The Morgan fingerprint density at radius 3 is 2.72 bits per heavy atom. The third kappa shape index (κ3) is 1.73. The first-order valence-corrected chi connectivity index (χ1v) is 6.10. The van der Waals surface area contributed by atoms with Gasteiger partial charge in [-0.05, 0) is 18.2 Å². The summed E-state index contributed by atoms with van der Waals surface area (Å²) < 4.78 is 5.78. The highest BCUT2D eigenvalue weighted by Crippen LogP contribution is 2.28. The van der Waals surface area contributed by atoms with Crippen molar-refractivity contribution >= 4 is 39.4 Å². The average Bonchev–Trinajstić information content (AvgIpc) is 2.76. The quantitative estimate of drug-likeness (QED) is 0.331. The lowest BCUT2D eigenvalue weighted by Gasteiger charge is -1.99. The molecule has 2 aromatic carbocycles. The molecule has 3 rings (SSSR count). The summed E-state index contributed by atoms with van der Waals surface area (Å²) in [6, 6.07) is 13.9. The molecule has 0 radical (unpaired) electrons. The zero-order valence-corrected chi connectivity index (χ0v) is 10.3. The van der Waals surface area contributed by atoms with E-state index in [9.17, 15) is 0 Å². The summed E-state index contributed by atoms with van der Waals surface area (Å²) in [5.41, 5.74) is 8.32. The molecule has 0 bridgehead atoms. The first kappa shape index (κ1) is 11.1. The van der Waals surface area contributed by atoms with E-state index in [1.165, 1.54) is 0 Å². The topological polar surface area (TPSA) is 51.5 Å². The second-order valence-corrected chi connectivity index (χ2v) is 4.21. The van der Waals surface area contributed by atoms with E-state index < -0.39 is 0 Å². The van der Waals surface area contributed by atoms with Gasteiger partial charge in [-0.25, -0.2) is 0 Å². The Balaban J connectivity index is 2.24. The van der Waals surface area contributed by atoms with Crippen molar-refractivity contribution in [3.63, 3.8) is 0 Å². The SMILES string of the molecule is N/C(=N\CCl)c1ccc2c(c1)oc1ccccc12. The minimum atomic E-state index is 0.157. The fraction of sp³-hybridized carbons (Fsp3) is 0.0714. The van der Waals surface area contributed by atoms with Crippen LogP contribution in [0.3, 0.4) is 0 Å². The molecule has 18 heavy (non-hydrogen) atoms. The van der Waals surface area contributed by atoms with Crippen LogP contribution in [0, 0.1) is 0 Å². The number of aliphatic imine (C=N–C) groups is 1. The molecule has 0 aliphatic heterocycles. The molecule has 3 aromatic rings. The molecule has 2 N–H and O–H groups in total. The van der Waals surface area contributed by atoms with Gasteiger partial charge in [-0.2, -0.15) is 0 Å². The molecule has 3 nitrogen and oxygen atoms in total. The largest absolute Gasteiger partial charge is 0.456 e. The summed E-state index contributed by atoms with van der Waals surface area (Å²) in [6.07, 6.45) is 0. The lowest BCUT2D eigenvalue weighted by atomic mass is 10.1. The first-order chi connectivity index (χ1) is 8.79. The summed E-state index contributed by atoms with van der Waals surface area (Å²) in [4.78, 5) is 3.97. The third-order valence-electron chi connectivity index (χ3n) is 2.90. The Hall–Kier alpha value is -2.00. The van der Waals surface area contributed by atoms with Crippen molar-refractivity contribution in [2.45, 2.75) is 0 Å². The Morgan fingerprint density at radius 2 is 1.89 bits per heavy atom.